The van der Waals surface area contributed by atoms with Crippen LogP contribution < -0.4 is 15.8 Å². The molecule has 0 saturated heterocycles. The molecule has 0 aliphatic carbocycles. The van der Waals surface area contributed by atoms with Crippen LogP contribution in [-0.4, -0.2) is 24.2 Å². The van der Waals surface area contributed by atoms with E-state index in [2.05, 4.69) is 10.5 Å². The summed E-state index contributed by atoms with van der Waals surface area (Å²) >= 11 is 6.03. The maximum atomic E-state index is 8.52. The van der Waals surface area contributed by atoms with Crippen LogP contribution in [0.1, 0.15) is 18.9 Å². The van der Waals surface area contributed by atoms with Crippen LogP contribution in [0, 0.1) is 6.92 Å². The molecular weight excluding hydrogens is 254 g/mol. The summed E-state index contributed by atoms with van der Waals surface area (Å²) in [6.45, 7) is 3.85. The molecule has 1 rings (SSSR count). The molecule has 0 spiro atoms. The molecule has 4 N–H and O–H groups in total. The van der Waals surface area contributed by atoms with E-state index in [0.29, 0.717) is 17.2 Å². The zero-order chi connectivity index (χ0) is 13.7. The molecule has 100 valence electrons. The summed E-state index contributed by atoms with van der Waals surface area (Å²) in [5, 5.41) is 15.4. The van der Waals surface area contributed by atoms with Crippen LogP contribution >= 0.6 is 11.6 Å². The number of anilines is 1. The fraction of sp³-hybridized carbons (Fsp3) is 0.417. The van der Waals surface area contributed by atoms with Crippen molar-refractivity contribution >= 4 is 23.1 Å². The molecule has 1 atom stereocenters. The number of nitrogens with two attached hydrogens (primary N) is 1. The zero-order valence-corrected chi connectivity index (χ0v) is 11.5. The lowest BCUT2D eigenvalue weighted by Gasteiger charge is -2.18. The first-order valence-electron chi connectivity index (χ1n) is 5.55. The maximum absolute atomic E-state index is 8.52. The van der Waals surface area contributed by atoms with E-state index in [4.69, 9.17) is 27.3 Å². The Labute approximate surface area is 112 Å². The number of nitrogens with zero attached hydrogens (tertiary/aromatic N) is 1. The largest absolute Gasteiger partial charge is 0.495 e. The molecule has 0 bridgehead atoms. The van der Waals surface area contributed by atoms with Crippen LogP contribution in [0.4, 0.5) is 5.69 Å². The Kier molecular flexibility index (Phi) is 5.09. The van der Waals surface area contributed by atoms with Crippen molar-refractivity contribution in [1.82, 2.24) is 0 Å². The highest BCUT2D eigenvalue weighted by atomic mass is 35.5. The number of amidine groups is 1. The average Bonchev–Trinajstić information content (AvgIpc) is 2.33. The first-order chi connectivity index (χ1) is 8.47. The van der Waals surface area contributed by atoms with Gasteiger partial charge < -0.3 is 21.0 Å². The number of methoxy groups -OCH3 is 1. The van der Waals surface area contributed by atoms with Gasteiger partial charge in [-0.15, -0.1) is 0 Å². The van der Waals surface area contributed by atoms with Crippen LogP contribution in [0.5, 0.6) is 5.75 Å². The Bertz CT molecular complexity index is 449. The van der Waals surface area contributed by atoms with Crippen molar-refractivity contribution in [3.8, 4) is 5.75 Å². The van der Waals surface area contributed by atoms with Gasteiger partial charge in [-0.3, -0.25) is 0 Å². The van der Waals surface area contributed by atoms with Crippen molar-refractivity contribution in [3.05, 3.63) is 22.7 Å². The molecule has 5 nitrogen and oxygen atoms in total. The van der Waals surface area contributed by atoms with Gasteiger partial charge in [0.05, 0.1) is 12.8 Å². The van der Waals surface area contributed by atoms with Crippen molar-refractivity contribution in [2.45, 2.75) is 26.3 Å². The van der Waals surface area contributed by atoms with Gasteiger partial charge in [0.2, 0.25) is 0 Å². The lowest BCUT2D eigenvalue weighted by Crippen LogP contribution is -2.24. The number of aryl methyl sites for hydroxylation is 1. The van der Waals surface area contributed by atoms with E-state index in [0.717, 1.165) is 11.3 Å². The maximum Gasteiger partial charge on any atom is 0.143 e. The number of benzene rings is 1. The van der Waals surface area contributed by atoms with Crippen LogP contribution in [0.25, 0.3) is 0 Å². The number of ether oxygens (including phenoxy) is 1. The summed E-state index contributed by atoms with van der Waals surface area (Å²) in [6, 6.07) is 3.68. The number of nitrogens with one attached hydrogen (secondary N) is 1. The minimum Gasteiger partial charge on any atom is -0.495 e. The van der Waals surface area contributed by atoms with Crippen LogP contribution in [0.2, 0.25) is 5.02 Å². The van der Waals surface area contributed by atoms with E-state index >= 15 is 0 Å². The van der Waals surface area contributed by atoms with Gasteiger partial charge >= 0.3 is 0 Å². The molecule has 0 aromatic heterocycles. The minimum absolute atomic E-state index is 0.00961. The predicted molar refractivity (Wildman–Crippen MR) is 73.9 cm³/mol. The topological polar surface area (TPSA) is 79.9 Å². The molecule has 18 heavy (non-hydrogen) atoms. The van der Waals surface area contributed by atoms with Crippen molar-refractivity contribution in [3.63, 3.8) is 0 Å². The molecule has 0 amide bonds. The molecule has 0 radical (unpaired) electrons. The van der Waals surface area contributed by atoms with Crippen molar-refractivity contribution in [2.24, 2.45) is 10.9 Å². The van der Waals surface area contributed by atoms with Crippen molar-refractivity contribution in [1.29, 1.82) is 0 Å². The molecule has 0 aliphatic rings. The predicted octanol–water partition coefficient (Wildman–Crippen LogP) is 2.59. The molecule has 1 aromatic rings. The second-order valence-electron chi connectivity index (χ2n) is 4.14. The van der Waals surface area contributed by atoms with Crippen molar-refractivity contribution < 1.29 is 9.94 Å². The Morgan fingerprint density at radius 2 is 2.28 bits per heavy atom. The number of hydrogen-bond donors (Lipinski definition) is 3. The van der Waals surface area contributed by atoms with Gasteiger partial charge in [0.1, 0.15) is 11.6 Å². The third kappa shape index (κ3) is 3.70. The SMILES string of the molecule is COc1cc(Cl)c(C)cc1NC(C)CC(N)=NO. The first kappa shape index (κ1) is 14.4. The number of rotatable bonds is 5. The van der Waals surface area contributed by atoms with Gasteiger partial charge in [-0.25, -0.2) is 0 Å². The van der Waals surface area contributed by atoms with Crippen LogP contribution in [-0.2, 0) is 0 Å². The normalized spacial score (nSPS) is 13.2. The number of halogens is 1. The molecule has 0 fully saturated rings. The molecule has 0 saturated carbocycles. The fourth-order valence-corrected chi connectivity index (χ4v) is 1.77. The Morgan fingerprint density at radius 3 is 2.83 bits per heavy atom. The van der Waals surface area contributed by atoms with Gasteiger partial charge in [-0.1, -0.05) is 16.8 Å². The van der Waals surface area contributed by atoms with E-state index in [1.807, 2.05) is 19.9 Å². The highest BCUT2D eigenvalue weighted by Crippen LogP contribution is 2.31. The Balaban J connectivity index is 2.86. The van der Waals surface area contributed by atoms with Crippen LogP contribution in [0.3, 0.4) is 0 Å². The van der Waals surface area contributed by atoms with E-state index in [9.17, 15) is 0 Å². The number of hydrogen-bond acceptors (Lipinski definition) is 4. The van der Waals surface area contributed by atoms with E-state index < -0.39 is 0 Å². The molecule has 1 unspecified atom stereocenters. The Hall–Kier alpha value is -1.62. The first-order valence-corrected chi connectivity index (χ1v) is 5.92. The van der Waals surface area contributed by atoms with Gasteiger partial charge in [-0.05, 0) is 25.5 Å². The van der Waals surface area contributed by atoms with Gasteiger partial charge in [-0.2, -0.15) is 0 Å². The van der Waals surface area contributed by atoms with E-state index in [-0.39, 0.29) is 11.9 Å². The average molecular weight is 272 g/mol. The smallest absolute Gasteiger partial charge is 0.143 e. The summed E-state index contributed by atoms with van der Waals surface area (Å²) in [7, 11) is 1.58. The minimum atomic E-state index is 0.00961. The van der Waals surface area contributed by atoms with Gasteiger partial charge in [0.25, 0.3) is 0 Å². The van der Waals surface area contributed by atoms with E-state index in [1.165, 1.54) is 0 Å². The second kappa shape index (κ2) is 6.35. The standard InChI is InChI=1S/C12H18ClN3O2/c1-7-4-10(11(18-3)6-9(7)13)15-8(2)5-12(14)16-17/h4,6,8,15,17H,5H2,1-3H3,(H2,14,16). The Morgan fingerprint density at radius 1 is 1.61 bits per heavy atom. The number of oxime groups is 1. The third-order valence-corrected chi connectivity index (χ3v) is 2.93. The quantitative estimate of drug-likeness (QED) is 0.333. The molecule has 0 aliphatic heterocycles. The highest BCUT2D eigenvalue weighted by Gasteiger charge is 2.11. The van der Waals surface area contributed by atoms with Gasteiger partial charge in [0.15, 0.2) is 0 Å². The zero-order valence-electron chi connectivity index (χ0n) is 10.7. The third-order valence-electron chi connectivity index (χ3n) is 2.53. The lowest BCUT2D eigenvalue weighted by molar-refractivity contribution is 0.316. The second-order valence-corrected chi connectivity index (χ2v) is 4.55. The summed E-state index contributed by atoms with van der Waals surface area (Å²) in [5.41, 5.74) is 7.25. The van der Waals surface area contributed by atoms with Crippen LogP contribution in [0.15, 0.2) is 17.3 Å². The fourth-order valence-electron chi connectivity index (χ4n) is 1.62. The summed E-state index contributed by atoms with van der Waals surface area (Å²) < 4.78 is 5.26. The lowest BCUT2D eigenvalue weighted by atomic mass is 10.1. The monoisotopic (exact) mass is 271 g/mol. The molecule has 6 heteroatoms. The summed E-state index contributed by atoms with van der Waals surface area (Å²) in [4.78, 5) is 0. The summed E-state index contributed by atoms with van der Waals surface area (Å²) in [6.07, 6.45) is 0.432. The summed E-state index contributed by atoms with van der Waals surface area (Å²) in [5.74, 6) is 0.844. The van der Waals surface area contributed by atoms with Crippen molar-refractivity contribution in [2.75, 3.05) is 12.4 Å². The molecule has 0 heterocycles. The highest BCUT2D eigenvalue weighted by molar-refractivity contribution is 6.31. The molecular formula is C12H18ClN3O2. The van der Waals surface area contributed by atoms with E-state index in [1.54, 1.807) is 13.2 Å². The van der Waals surface area contributed by atoms with Gasteiger partial charge in [0, 0.05) is 23.6 Å². The molecule has 1 aromatic carbocycles.